The van der Waals surface area contributed by atoms with Gasteiger partial charge in [-0.3, -0.25) is 9.69 Å². The fourth-order valence-electron chi connectivity index (χ4n) is 3.87. The molecule has 1 saturated heterocycles. The van der Waals surface area contributed by atoms with Crippen molar-refractivity contribution in [2.75, 3.05) is 25.6 Å². The largest absolute Gasteiger partial charge is 0.474 e. The summed E-state index contributed by atoms with van der Waals surface area (Å²) in [5, 5.41) is 0.590. The zero-order valence-corrected chi connectivity index (χ0v) is 21.1. The summed E-state index contributed by atoms with van der Waals surface area (Å²) in [4.78, 5) is 22.7. The van der Waals surface area contributed by atoms with Gasteiger partial charge < -0.3 is 9.47 Å². The van der Waals surface area contributed by atoms with Gasteiger partial charge in [-0.15, -0.1) is 0 Å². The fourth-order valence-corrected chi connectivity index (χ4v) is 4.81. The first-order valence-corrected chi connectivity index (χ1v) is 13.3. The van der Waals surface area contributed by atoms with Crippen LogP contribution in [-0.2, 0) is 9.84 Å². The summed E-state index contributed by atoms with van der Waals surface area (Å²) in [6.07, 6.45) is 2.55. The van der Waals surface area contributed by atoms with E-state index in [0.717, 1.165) is 0 Å². The van der Waals surface area contributed by atoms with Crippen molar-refractivity contribution in [3.8, 4) is 17.5 Å². The number of Topliss-reactive ketones (excluding diaryl/α,β-unsaturated/α-hetero) is 1. The Morgan fingerprint density at radius 1 is 1.08 bits per heavy atom. The Hall–Kier alpha value is -3.08. The molecule has 2 heterocycles. The minimum absolute atomic E-state index is 0.0263. The summed E-state index contributed by atoms with van der Waals surface area (Å²) in [7, 11) is -4.13. The number of nitrogens with zero attached hydrogens (tertiary/aromatic N) is 3. The van der Waals surface area contributed by atoms with Crippen molar-refractivity contribution in [1.82, 2.24) is 14.9 Å². The molecule has 190 valence electrons. The summed E-state index contributed by atoms with van der Waals surface area (Å²) in [6.45, 7) is 3.40. The highest BCUT2D eigenvalue weighted by Crippen LogP contribution is 2.33. The van der Waals surface area contributed by atoms with Gasteiger partial charge >= 0.3 is 0 Å². The van der Waals surface area contributed by atoms with Gasteiger partial charge in [-0.1, -0.05) is 23.7 Å². The van der Waals surface area contributed by atoms with Gasteiger partial charge in [0.05, 0.1) is 12.1 Å². The standard InChI is InChI=1S/C25H25ClFN3O5S/c1-17-24(28-16-29-25(17)35-22-4-2-3-5-23(22)36(32,33)15-27)34-20-10-12-30(13-11-20)14-21(31)18-6-8-19(26)9-7-18/h2-9,16,20H,10-15H2,1H3. The molecule has 0 aliphatic carbocycles. The second kappa shape index (κ2) is 11.3. The molecule has 0 bridgehead atoms. The predicted molar refractivity (Wildman–Crippen MR) is 132 cm³/mol. The molecule has 11 heteroatoms. The van der Waals surface area contributed by atoms with E-state index in [1.54, 1.807) is 37.3 Å². The number of carbonyl (C=O) groups is 1. The lowest BCUT2D eigenvalue weighted by molar-refractivity contribution is 0.0774. The number of benzene rings is 2. The van der Waals surface area contributed by atoms with E-state index in [4.69, 9.17) is 21.1 Å². The molecule has 0 unspecified atom stereocenters. The number of hydrogen-bond donors (Lipinski definition) is 0. The van der Waals surface area contributed by atoms with E-state index in [1.807, 2.05) is 0 Å². The lowest BCUT2D eigenvalue weighted by Gasteiger charge is -2.31. The molecule has 1 aliphatic rings. The summed E-state index contributed by atoms with van der Waals surface area (Å²) in [5.41, 5.74) is 1.12. The summed E-state index contributed by atoms with van der Waals surface area (Å²) in [5.74, 6) is 0.449. The Labute approximate surface area is 214 Å². The molecule has 0 amide bonds. The first-order valence-electron chi connectivity index (χ1n) is 11.3. The van der Waals surface area contributed by atoms with Crippen LogP contribution in [-0.4, -0.2) is 60.8 Å². The number of hydrogen-bond acceptors (Lipinski definition) is 8. The van der Waals surface area contributed by atoms with Gasteiger partial charge in [0.1, 0.15) is 23.1 Å². The highest BCUT2D eigenvalue weighted by molar-refractivity contribution is 7.91. The third kappa shape index (κ3) is 6.18. The molecule has 0 spiro atoms. The quantitative estimate of drug-likeness (QED) is 0.366. The van der Waals surface area contributed by atoms with Crippen molar-refractivity contribution in [2.45, 2.75) is 30.8 Å². The van der Waals surface area contributed by atoms with Crippen LogP contribution >= 0.6 is 11.6 Å². The SMILES string of the molecule is Cc1c(Oc2ccccc2S(=O)(=O)CF)ncnc1OC1CCN(CC(=O)c2ccc(Cl)cc2)CC1. The van der Waals surface area contributed by atoms with Gasteiger partial charge in [0.25, 0.3) is 0 Å². The van der Waals surface area contributed by atoms with Gasteiger partial charge in [-0.2, -0.15) is 0 Å². The van der Waals surface area contributed by atoms with Crippen LogP contribution in [0.4, 0.5) is 4.39 Å². The van der Waals surface area contributed by atoms with E-state index >= 15 is 0 Å². The first kappa shape index (κ1) is 26.0. The van der Waals surface area contributed by atoms with Crippen molar-refractivity contribution < 1.29 is 27.1 Å². The Kier molecular flexibility index (Phi) is 8.17. The number of ether oxygens (including phenoxy) is 2. The predicted octanol–water partition coefficient (Wildman–Crippen LogP) is 4.66. The van der Waals surface area contributed by atoms with E-state index in [1.165, 1.54) is 24.5 Å². The molecular formula is C25H25ClFN3O5S. The van der Waals surface area contributed by atoms with Crippen LogP contribution in [0.25, 0.3) is 0 Å². The molecule has 8 nitrogen and oxygen atoms in total. The van der Waals surface area contributed by atoms with Crippen LogP contribution < -0.4 is 9.47 Å². The maximum Gasteiger partial charge on any atom is 0.229 e. The zero-order valence-electron chi connectivity index (χ0n) is 19.6. The van der Waals surface area contributed by atoms with E-state index < -0.39 is 15.8 Å². The summed E-state index contributed by atoms with van der Waals surface area (Å²) < 4.78 is 49.0. The van der Waals surface area contributed by atoms with Crippen molar-refractivity contribution in [3.63, 3.8) is 0 Å². The maximum absolute atomic E-state index is 13.1. The third-order valence-corrected chi connectivity index (χ3v) is 7.42. The van der Waals surface area contributed by atoms with Crippen molar-refractivity contribution >= 4 is 27.2 Å². The minimum atomic E-state index is -4.13. The number of likely N-dealkylation sites (tertiary alicyclic amines) is 1. The van der Waals surface area contributed by atoms with Crippen LogP contribution in [0.3, 0.4) is 0 Å². The normalized spacial score (nSPS) is 15.0. The fraction of sp³-hybridized carbons (Fsp3) is 0.320. The highest BCUT2D eigenvalue weighted by atomic mass is 35.5. The van der Waals surface area contributed by atoms with Crippen LogP contribution in [0.15, 0.2) is 59.8 Å². The second-order valence-electron chi connectivity index (χ2n) is 8.41. The maximum atomic E-state index is 13.1. The Morgan fingerprint density at radius 3 is 2.44 bits per heavy atom. The minimum Gasteiger partial charge on any atom is -0.474 e. The van der Waals surface area contributed by atoms with Crippen molar-refractivity contribution in [3.05, 3.63) is 71.0 Å². The van der Waals surface area contributed by atoms with Crippen LogP contribution in [0.1, 0.15) is 28.8 Å². The van der Waals surface area contributed by atoms with Crippen molar-refractivity contribution in [1.29, 1.82) is 0 Å². The monoisotopic (exact) mass is 533 g/mol. The van der Waals surface area contributed by atoms with Gasteiger partial charge in [0.15, 0.2) is 11.8 Å². The first-order chi connectivity index (χ1) is 17.3. The number of rotatable bonds is 9. The number of piperidine rings is 1. The molecule has 2 aromatic carbocycles. The van der Waals surface area contributed by atoms with E-state index in [2.05, 4.69) is 14.9 Å². The van der Waals surface area contributed by atoms with E-state index in [9.17, 15) is 17.6 Å². The average molecular weight is 534 g/mol. The lowest BCUT2D eigenvalue weighted by Crippen LogP contribution is -2.41. The van der Waals surface area contributed by atoms with Gasteiger partial charge in [-0.25, -0.2) is 22.8 Å². The molecular weight excluding hydrogens is 509 g/mol. The molecule has 1 aromatic heterocycles. The molecule has 1 aliphatic heterocycles. The van der Waals surface area contributed by atoms with Gasteiger partial charge in [0, 0.05) is 23.7 Å². The van der Waals surface area contributed by atoms with Crippen molar-refractivity contribution in [2.24, 2.45) is 0 Å². The van der Waals surface area contributed by atoms with Crippen LogP contribution in [0.5, 0.6) is 17.5 Å². The summed E-state index contributed by atoms with van der Waals surface area (Å²) >= 11 is 5.89. The smallest absolute Gasteiger partial charge is 0.229 e. The Bertz CT molecular complexity index is 1330. The number of halogens is 2. The van der Waals surface area contributed by atoms with E-state index in [-0.39, 0.29) is 28.4 Å². The number of para-hydroxylation sites is 1. The molecule has 4 rings (SSSR count). The molecule has 3 aromatic rings. The molecule has 1 fully saturated rings. The zero-order chi connectivity index (χ0) is 25.7. The molecule has 0 radical (unpaired) electrons. The van der Waals surface area contributed by atoms with Crippen LogP contribution in [0, 0.1) is 6.92 Å². The average Bonchev–Trinajstić information content (AvgIpc) is 2.88. The number of carbonyl (C=O) groups excluding carboxylic acids is 1. The Morgan fingerprint density at radius 2 is 1.75 bits per heavy atom. The van der Waals surface area contributed by atoms with Gasteiger partial charge in [-0.05, 0) is 56.2 Å². The number of alkyl halides is 1. The highest BCUT2D eigenvalue weighted by Gasteiger charge is 2.25. The summed E-state index contributed by atoms with van der Waals surface area (Å²) in [6, 6.07) is 11.1. The molecule has 0 N–H and O–H groups in total. The second-order valence-corrected chi connectivity index (χ2v) is 10.7. The third-order valence-electron chi connectivity index (χ3n) is 5.87. The molecule has 0 saturated carbocycles. The number of sulfone groups is 1. The van der Waals surface area contributed by atoms with Crippen LogP contribution in [0.2, 0.25) is 5.02 Å². The lowest BCUT2D eigenvalue weighted by atomic mass is 10.1. The Balaban J connectivity index is 1.38. The number of ketones is 1. The van der Waals surface area contributed by atoms with E-state index in [0.29, 0.717) is 54.5 Å². The molecule has 36 heavy (non-hydrogen) atoms. The van der Waals surface area contributed by atoms with Gasteiger partial charge in [0.2, 0.25) is 21.6 Å². The number of aromatic nitrogens is 2. The molecule has 0 atom stereocenters. The topological polar surface area (TPSA) is 98.7 Å².